The van der Waals surface area contributed by atoms with Crippen molar-refractivity contribution in [3.63, 3.8) is 0 Å². The molecule has 1 aliphatic heterocycles. The molecule has 0 saturated carbocycles. The molecule has 1 aliphatic rings. The van der Waals surface area contributed by atoms with E-state index in [4.69, 9.17) is 27.9 Å². The van der Waals surface area contributed by atoms with Crippen molar-refractivity contribution in [1.82, 2.24) is 9.13 Å². The molecule has 0 spiro atoms. The minimum absolute atomic E-state index is 0.202. The molecule has 6 nitrogen and oxygen atoms in total. The Kier molecular flexibility index (Phi) is 7.43. The SMILES string of the molecule is CCOC(=O)C1=C(C)N=c2s/c(=C\c3cn(Cc4ccccc4Cl)c4ccccc34)c(=O)n2[C@@H]1c1ccccc1Cl. The van der Waals surface area contributed by atoms with Crippen LogP contribution in [0.5, 0.6) is 0 Å². The van der Waals surface area contributed by atoms with Gasteiger partial charge in [0.25, 0.3) is 5.56 Å². The van der Waals surface area contributed by atoms with Gasteiger partial charge in [0.05, 0.1) is 22.4 Å². The zero-order chi connectivity index (χ0) is 28.7. The number of hydrogen-bond acceptors (Lipinski definition) is 5. The highest BCUT2D eigenvalue weighted by Gasteiger charge is 2.34. The van der Waals surface area contributed by atoms with Crippen molar-refractivity contribution in [3.8, 4) is 0 Å². The molecule has 0 amide bonds. The van der Waals surface area contributed by atoms with Gasteiger partial charge in [0, 0.05) is 39.3 Å². The number of hydrogen-bond donors (Lipinski definition) is 0. The molecule has 9 heteroatoms. The fourth-order valence-electron chi connectivity index (χ4n) is 5.26. The van der Waals surface area contributed by atoms with Gasteiger partial charge in [-0.3, -0.25) is 9.36 Å². The van der Waals surface area contributed by atoms with Crippen LogP contribution in [0.3, 0.4) is 0 Å². The van der Waals surface area contributed by atoms with Gasteiger partial charge in [-0.15, -0.1) is 0 Å². The number of benzene rings is 3. The standard InChI is InChI=1S/C32H25Cl2N3O3S/c1-3-40-31(39)28-19(2)35-32-37(29(28)23-12-5-8-14-25(23)34)30(38)27(41-32)16-21-18-36(26-15-9-6-11-22(21)26)17-20-10-4-7-13-24(20)33/h4-16,18,29H,3,17H2,1-2H3/b27-16-/t29-/m1/s1. The molecule has 0 bridgehead atoms. The molecule has 3 aromatic carbocycles. The molecule has 0 saturated heterocycles. The van der Waals surface area contributed by atoms with Crippen molar-refractivity contribution >= 4 is 57.5 Å². The van der Waals surface area contributed by atoms with Crippen LogP contribution in [0.4, 0.5) is 0 Å². The monoisotopic (exact) mass is 601 g/mol. The first kappa shape index (κ1) is 27.3. The Morgan fingerprint density at radius 2 is 1.73 bits per heavy atom. The van der Waals surface area contributed by atoms with Gasteiger partial charge in [-0.25, -0.2) is 9.79 Å². The van der Waals surface area contributed by atoms with Crippen molar-refractivity contribution in [2.75, 3.05) is 6.61 Å². The lowest BCUT2D eigenvalue weighted by Crippen LogP contribution is -2.40. The Labute approximate surface area is 250 Å². The lowest BCUT2D eigenvalue weighted by Gasteiger charge is -2.25. The van der Waals surface area contributed by atoms with Crippen LogP contribution in [0.2, 0.25) is 10.0 Å². The number of carbonyl (C=O) groups is 1. The van der Waals surface area contributed by atoms with Crippen LogP contribution >= 0.6 is 34.5 Å². The van der Waals surface area contributed by atoms with Crippen molar-refractivity contribution in [3.05, 3.63) is 137 Å². The maximum Gasteiger partial charge on any atom is 0.338 e. The second-order valence-electron chi connectivity index (χ2n) is 9.64. The Bertz CT molecular complexity index is 2040. The van der Waals surface area contributed by atoms with E-state index in [1.165, 1.54) is 11.3 Å². The number of rotatable bonds is 6. The average molecular weight is 603 g/mol. The van der Waals surface area contributed by atoms with Gasteiger partial charge in [-0.2, -0.15) is 0 Å². The third-order valence-electron chi connectivity index (χ3n) is 7.12. The molecule has 41 heavy (non-hydrogen) atoms. The molecule has 0 N–H and O–H groups in total. The number of halogens is 2. The first-order valence-electron chi connectivity index (χ1n) is 13.1. The molecule has 1 atom stereocenters. The fraction of sp³-hybridized carbons (Fsp3) is 0.156. The minimum Gasteiger partial charge on any atom is -0.463 e. The minimum atomic E-state index is -0.761. The molecule has 5 aromatic rings. The predicted molar refractivity (Wildman–Crippen MR) is 164 cm³/mol. The maximum absolute atomic E-state index is 14.1. The second kappa shape index (κ2) is 11.2. The third kappa shape index (κ3) is 4.95. The van der Waals surface area contributed by atoms with Crippen LogP contribution in [0.1, 0.15) is 36.6 Å². The number of nitrogens with zero attached hydrogens (tertiary/aromatic N) is 3. The quantitative estimate of drug-likeness (QED) is 0.221. The van der Waals surface area contributed by atoms with Crippen LogP contribution in [-0.2, 0) is 16.1 Å². The summed E-state index contributed by atoms with van der Waals surface area (Å²) in [5.41, 5.74) is 4.11. The van der Waals surface area contributed by atoms with E-state index in [1.54, 1.807) is 24.5 Å². The van der Waals surface area contributed by atoms with Gasteiger partial charge in [0.15, 0.2) is 4.80 Å². The molecule has 0 radical (unpaired) electrons. The topological polar surface area (TPSA) is 65.6 Å². The maximum atomic E-state index is 14.1. The van der Waals surface area contributed by atoms with Gasteiger partial charge in [-0.1, -0.05) is 89.1 Å². The largest absolute Gasteiger partial charge is 0.463 e. The number of thiazole rings is 1. The zero-order valence-corrected chi connectivity index (χ0v) is 24.6. The Balaban J connectivity index is 1.53. The highest BCUT2D eigenvalue weighted by atomic mass is 35.5. The highest BCUT2D eigenvalue weighted by molar-refractivity contribution is 7.07. The van der Waals surface area contributed by atoms with Gasteiger partial charge < -0.3 is 9.30 Å². The normalized spacial score (nSPS) is 15.2. The average Bonchev–Trinajstić information content (AvgIpc) is 3.46. The molecular formula is C32H25Cl2N3O3S. The summed E-state index contributed by atoms with van der Waals surface area (Å²) in [5.74, 6) is -0.518. The summed E-state index contributed by atoms with van der Waals surface area (Å²) >= 11 is 14.4. The highest BCUT2D eigenvalue weighted by Crippen LogP contribution is 2.34. The number of para-hydroxylation sites is 1. The second-order valence-corrected chi connectivity index (χ2v) is 11.5. The van der Waals surface area contributed by atoms with E-state index in [1.807, 2.05) is 72.9 Å². The van der Waals surface area contributed by atoms with E-state index in [2.05, 4.69) is 15.6 Å². The Morgan fingerprint density at radius 1 is 1.02 bits per heavy atom. The number of allylic oxidation sites excluding steroid dienone is 1. The Hall–Kier alpha value is -3.91. The van der Waals surface area contributed by atoms with E-state index in [-0.39, 0.29) is 12.2 Å². The molecular weight excluding hydrogens is 577 g/mol. The van der Waals surface area contributed by atoms with Crippen molar-refractivity contribution < 1.29 is 9.53 Å². The lowest BCUT2D eigenvalue weighted by molar-refractivity contribution is -0.139. The van der Waals surface area contributed by atoms with Crippen molar-refractivity contribution in [1.29, 1.82) is 0 Å². The third-order valence-corrected chi connectivity index (χ3v) is 8.82. The van der Waals surface area contributed by atoms with E-state index in [0.29, 0.717) is 42.8 Å². The lowest BCUT2D eigenvalue weighted by atomic mass is 9.96. The smallest absolute Gasteiger partial charge is 0.338 e. The fourth-order valence-corrected chi connectivity index (χ4v) is 6.73. The van der Waals surface area contributed by atoms with E-state index >= 15 is 0 Å². The summed E-state index contributed by atoms with van der Waals surface area (Å²) < 4.78 is 9.57. The summed E-state index contributed by atoms with van der Waals surface area (Å²) in [6.07, 6.45) is 3.93. The summed E-state index contributed by atoms with van der Waals surface area (Å²) in [6.45, 7) is 4.29. The number of ether oxygens (including phenoxy) is 1. The van der Waals surface area contributed by atoms with Gasteiger partial charge >= 0.3 is 5.97 Å². The van der Waals surface area contributed by atoms with Crippen LogP contribution in [0.15, 0.2) is 100 Å². The molecule has 0 aliphatic carbocycles. The summed E-state index contributed by atoms with van der Waals surface area (Å²) in [5, 5.41) is 2.16. The first-order valence-corrected chi connectivity index (χ1v) is 14.7. The van der Waals surface area contributed by atoms with Crippen LogP contribution in [0, 0.1) is 0 Å². The number of esters is 1. The van der Waals surface area contributed by atoms with E-state index in [0.717, 1.165) is 22.0 Å². The molecule has 0 fully saturated rings. The molecule has 3 heterocycles. The summed E-state index contributed by atoms with van der Waals surface area (Å²) in [6, 6.07) is 22.3. The van der Waals surface area contributed by atoms with E-state index in [9.17, 15) is 9.59 Å². The first-order chi connectivity index (χ1) is 19.9. The number of carbonyl (C=O) groups excluding carboxylic acids is 1. The number of aromatic nitrogens is 2. The number of fused-ring (bicyclic) bond motifs is 2. The van der Waals surface area contributed by atoms with Crippen molar-refractivity contribution in [2.45, 2.75) is 26.4 Å². The summed E-state index contributed by atoms with van der Waals surface area (Å²) in [7, 11) is 0. The van der Waals surface area contributed by atoms with Gasteiger partial charge in [-0.05, 0) is 49.2 Å². The van der Waals surface area contributed by atoms with Crippen LogP contribution < -0.4 is 14.9 Å². The molecule has 2 aromatic heterocycles. The van der Waals surface area contributed by atoms with Gasteiger partial charge in [0.1, 0.15) is 6.04 Å². The summed E-state index contributed by atoms with van der Waals surface area (Å²) in [4.78, 5) is 32.4. The zero-order valence-electron chi connectivity index (χ0n) is 22.3. The molecule has 6 rings (SSSR count). The van der Waals surface area contributed by atoms with E-state index < -0.39 is 12.0 Å². The Morgan fingerprint density at radius 3 is 2.49 bits per heavy atom. The van der Waals surface area contributed by atoms with Gasteiger partial charge in [0.2, 0.25) is 0 Å². The van der Waals surface area contributed by atoms with Crippen LogP contribution in [0.25, 0.3) is 17.0 Å². The van der Waals surface area contributed by atoms with Crippen molar-refractivity contribution in [2.24, 2.45) is 4.99 Å². The van der Waals surface area contributed by atoms with Crippen LogP contribution in [-0.4, -0.2) is 21.7 Å². The molecule has 0 unspecified atom stereocenters. The predicted octanol–water partition coefficient (Wildman–Crippen LogP) is 6.11. The molecule has 206 valence electrons.